The molecule has 1 aromatic heterocycles. The summed E-state index contributed by atoms with van der Waals surface area (Å²) < 4.78 is 50.0. The fourth-order valence-electron chi connectivity index (χ4n) is 5.86. The number of phosphoric ester groups is 1. The highest BCUT2D eigenvalue weighted by Gasteiger charge is 2.39. The molecule has 1 fully saturated rings. The van der Waals surface area contributed by atoms with Gasteiger partial charge < -0.3 is 14.4 Å². The minimum absolute atomic E-state index is 0.0484. The molecule has 2 N–H and O–H groups in total. The molecule has 2 rings (SSSR count). The van der Waals surface area contributed by atoms with Crippen molar-refractivity contribution >= 4 is 19.6 Å². The van der Waals surface area contributed by atoms with E-state index in [0.29, 0.717) is 18.3 Å². The van der Waals surface area contributed by atoms with Crippen LogP contribution in [0.5, 0.6) is 0 Å². The number of phosphoric acid groups is 1. The van der Waals surface area contributed by atoms with Crippen LogP contribution in [-0.2, 0) is 23.1 Å². The number of H-pyrrole nitrogens is 1. The van der Waals surface area contributed by atoms with E-state index in [2.05, 4.69) is 25.8 Å². The van der Waals surface area contributed by atoms with Gasteiger partial charge in [0.25, 0.3) is 5.56 Å². The summed E-state index contributed by atoms with van der Waals surface area (Å²) in [5, 5.41) is 0.415. The van der Waals surface area contributed by atoms with Crippen molar-refractivity contribution in [1.82, 2.24) is 9.55 Å². The third kappa shape index (κ3) is 17.8. The van der Waals surface area contributed by atoms with Crippen LogP contribution in [0.25, 0.3) is 0 Å². The van der Waals surface area contributed by atoms with E-state index >= 15 is 0 Å². The Labute approximate surface area is 292 Å². The second-order valence-corrected chi connectivity index (χ2v) is 16.0. The Hall–Kier alpha value is -1.01. The predicted octanol–water partition coefficient (Wildman–Crippen LogP) is 8.78. The van der Waals surface area contributed by atoms with Crippen molar-refractivity contribution in [3.63, 3.8) is 0 Å². The lowest BCUT2D eigenvalue weighted by molar-refractivity contribution is -0.0369. The van der Waals surface area contributed by atoms with Gasteiger partial charge in [-0.3, -0.25) is 23.4 Å². The van der Waals surface area contributed by atoms with E-state index in [4.69, 9.17) is 18.5 Å². The maximum Gasteiger partial charge on any atom is 0.472 e. The molecule has 6 atom stereocenters. The van der Waals surface area contributed by atoms with Crippen LogP contribution in [0.15, 0.2) is 15.8 Å². The van der Waals surface area contributed by atoms with Gasteiger partial charge in [-0.1, -0.05) is 104 Å². The SMILES string of the molecule is CCCCCCCCCCCCSC(CCCCCCC)C(C)OCCCOP(=O)(O)OC[C@H]1O[C@@H](n2cc(C)c(=O)[nH]c2=O)C[C@@H]1F. The summed E-state index contributed by atoms with van der Waals surface area (Å²) >= 11 is 2.02. The van der Waals surface area contributed by atoms with E-state index in [1.807, 2.05) is 11.8 Å². The molecular weight excluding hydrogens is 658 g/mol. The molecule has 0 aromatic carbocycles. The van der Waals surface area contributed by atoms with Gasteiger partial charge in [0.2, 0.25) is 0 Å². The number of rotatable bonds is 29. The van der Waals surface area contributed by atoms with E-state index in [9.17, 15) is 23.4 Å². The van der Waals surface area contributed by atoms with Crippen molar-refractivity contribution < 1.29 is 32.4 Å². The Morgan fingerprint density at radius 2 is 1.56 bits per heavy atom. The highest BCUT2D eigenvalue weighted by molar-refractivity contribution is 7.99. The number of aryl methyl sites for hydroxylation is 1. The molecule has 0 amide bonds. The number of aromatic amines is 1. The summed E-state index contributed by atoms with van der Waals surface area (Å²) in [4.78, 5) is 36.1. The van der Waals surface area contributed by atoms with Gasteiger partial charge in [0.05, 0.1) is 19.3 Å². The summed E-state index contributed by atoms with van der Waals surface area (Å²) in [7, 11) is -4.45. The molecule has 0 saturated carbocycles. The summed E-state index contributed by atoms with van der Waals surface area (Å²) in [6.07, 6.45) is 18.6. The Bertz CT molecular complexity index is 1150. The Kier molecular flexibility index (Phi) is 22.5. The Morgan fingerprint density at radius 1 is 0.958 bits per heavy atom. The maximum atomic E-state index is 14.6. The lowest BCUT2D eigenvalue weighted by Crippen LogP contribution is -2.33. The van der Waals surface area contributed by atoms with Crippen molar-refractivity contribution in [3.05, 3.63) is 32.6 Å². The van der Waals surface area contributed by atoms with Crippen molar-refractivity contribution in [3.8, 4) is 0 Å². The molecule has 10 nitrogen and oxygen atoms in total. The second kappa shape index (κ2) is 25.0. The molecule has 1 aliphatic rings. The molecule has 13 heteroatoms. The first-order valence-corrected chi connectivity index (χ1v) is 21.1. The zero-order valence-electron chi connectivity index (χ0n) is 30.0. The molecule has 0 bridgehead atoms. The monoisotopic (exact) mass is 722 g/mol. The number of thioether (sulfide) groups is 1. The third-order valence-corrected chi connectivity index (χ3v) is 11.4. The zero-order chi connectivity index (χ0) is 35.2. The van der Waals surface area contributed by atoms with Crippen LogP contribution in [0.1, 0.15) is 148 Å². The lowest BCUT2D eigenvalue weighted by Gasteiger charge is -2.24. The highest BCUT2D eigenvalue weighted by atomic mass is 32.2. The number of alkyl halides is 1. The molecule has 48 heavy (non-hydrogen) atoms. The third-order valence-electron chi connectivity index (χ3n) is 8.89. The smallest absolute Gasteiger partial charge is 0.377 e. The average Bonchev–Trinajstić information content (AvgIpc) is 3.42. The number of nitrogens with one attached hydrogen (secondary N) is 1. The largest absolute Gasteiger partial charge is 0.472 e. The number of unbranched alkanes of at least 4 members (excludes halogenated alkanes) is 13. The van der Waals surface area contributed by atoms with E-state index < -0.39 is 44.2 Å². The van der Waals surface area contributed by atoms with Crippen LogP contribution < -0.4 is 11.2 Å². The van der Waals surface area contributed by atoms with Gasteiger partial charge in [-0.15, -0.1) is 0 Å². The van der Waals surface area contributed by atoms with Gasteiger partial charge in [0.15, 0.2) is 0 Å². The molecular formula is C35H64FN2O8PS. The van der Waals surface area contributed by atoms with Gasteiger partial charge >= 0.3 is 13.5 Å². The molecule has 1 aromatic rings. The average molecular weight is 723 g/mol. The van der Waals surface area contributed by atoms with Gasteiger partial charge in [0, 0.05) is 30.0 Å². The number of aromatic nitrogens is 2. The predicted molar refractivity (Wildman–Crippen MR) is 193 cm³/mol. The number of nitrogens with zero attached hydrogens (tertiary/aromatic N) is 1. The number of hydrogen-bond donors (Lipinski definition) is 2. The molecule has 1 saturated heterocycles. The first kappa shape index (κ1) is 43.2. The standard InChI is InChI=1S/C35H64FN2O8PS/c1-5-7-9-11-12-13-14-15-17-19-24-48-32(21-18-16-10-8-6-2)29(4)43-22-20-23-44-47(41,42)45-27-31-30(36)25-33(46-31)38-26-28(3)34(39)37-35(38)40/h26,29-33H,5-25,27H2,1-4H3,(H,41,42)(H,37,39,40)/t29?,30-,31+,32?,33+/m0/s1. The molecule has 0 radical (unpaired) electrons. The van der Waals surface area contributed by atoms with E-state index in [0.717, 1.165) is 16.7 Å². The molecule has 0 aliphatic carbocycles. The van der Waals surface area contributed by atoms with Crippen LogP contribution >= 0.6 is 19.6 Å². The van der Waals surface area contributed by atoms with Crippen LogP contribution in [0, 0.1) is 6.92 Å². The van der Waals surface area contributed by atoms with E-state index in [-0.39, 0.29) is 24.7 Å². The van der Waals surface area contributed by atoms with Crippen molar-refractivity contribution in [2.75, 3.05) is 25.6 Å². The van der Waals surface area contributed by atoms with Crippen LogP contribution in [0.2, 0.25) is 0 Å². The Morgan fingerprint density at radius 3 is 2.21 bits per heavy atom. The van der Waals surface area contributed by atoms with Crippen LogP contribution in [-0.4, -0.2) is 63.6 Å². The van der Waals surface area contributed by atoms with Crippen molar-refractivity contribution in [1.29, 1.82) is 0 Å². The van der Waals surface area contributed by atoms with Crippen molar-refractivity contribution in [2.24, 2.45) is 0 Å². The van der Waals surface area contributed by atoms with Crippen molar-refractivity contribution in [2.45, 2.75) is 173 Å². The van der Waals surface area contributed by atoms with E-state index in [1.54, 1.807) is 0 Å². The van der Waals surface area contributed by atoms with Gasteiger partial charge in [0.1, 0.15) is 18.5 Å². The summed E-state index contributed by atoms with van der Waals surface area (Å²) in [5.74, 6) is 1.14. The highest BCUT2D eigenvalue weighted by Crippen LogP contribution is 2.44. The fourth-order valence-corrected chi connectivity index (χ4v) is 7.98. The maximum absolute atomic E-state index is 14.6. The minimum Gasteiger partial charge on any atom is -0.377 e. The topological polar surface area (TPSA) is 129 Å². The minimum atomic E-state index is -4.45. The molecule has 280 valence electrons. The first-order valence-electron chi connectivity index (χ1n) is 18.5. The van der Waals surface area contributed by atoms with Crippen LogP contribution in [0.4, 0.5) is 4.39 Å². The molecule has 1 aliphatic heterocycles. The Balaban J connectivity index is 1.67. The van der Waals surface area contributed by atoms with Gasteiger partial charge in [-0.25, -0.2) is 13.8 Å². The fraction of sp³-hybridized carbons (Fsp3) is 0.886. The summed E-state index contributed by atoms with van der Waals surface area (Å²) in [5.41, 5.74) is -0.968. The molecule has 2 heterocycles. The molecule has 3 unspecified atom stereocenters. The number of hydrogen-bond acceptors (Lipinski definition) is 8. The summed E-state index contributed by atoms with van der Waals surface area (Å²) in [6, 6.07) is 0. The van der Waals surface area contributed by atoms with Gasteiger partial charge in [-0.05, 0) is 38.9 Å². The lowest BCUT2D eigenvalue weighted by atomic mass is 10.1. The van der Waals surface area contributed by atoms with Crippen LogP contribution in [0.3, 0.4) is 0 Å². The number of ether oxygens (including phenoxy) is 2. The summed E-state index contributed by atoms with van der Waals surface area (Å²) in [6.45, 7) is 7.95. The number of halogens is 1. The normalized spacial score (nSPS) is 20.6. The zero-order valence-corrected chi connectivity index (χ0v) is 31.7. The quantitative estimate of drug-likeness (QED) is 0.0616. The molecule has 0 spiro atoms. The first-order chi connectivity index (χ1) is 23.1. The van der Waals surface area contributed by atoms with Gasteiger partial charge in [-0.2, -0.15) is 11.8 Å². The van der Waals surface area contributed by atoms with E-state index in [1.165, 1.54) is 109 Å². The second-order valence-electron chi connectivity index (χ2n) is 13.2.